The fraction of sp³-hybridized carbons (Fsp3) is 0.774. The molecule has 5 heteroatoms. The van der Waals surface area contributed by atoms with Gasteiger partial charge in [-0.2, -0.15) is 0 Å². The highest BCUT2D eigenvalue weighted by molar-refractivity contribution is 5.70. The number of esters is 2. The Balaban J connectivity index is 3.48. The molecule has 0 aromatic rings. The molecule has 0 aliphatic heterocycles. The van der Waals surface area contributed by atoms with Crippen LogP contribution >= 0.6 is 0 Å². The molecule has 0 heterocycles. The van der Waals surface area contributed by atoms with E-state index in [1.807, 2.05) is 0 Å². The molecule has 0 radical (unpaired) electrons. The van der Waals surface area contributed by atoms with E-state index in [0.29, 0.717) is 12.8 Å². The summed E-state index contributed by atoms with van der Waals surface area (Å²) in [5.74, 6) is -0.635. The van der Waals surface area contributed by atoms with Crippen molar-refractivity contribution in [3.05, 3.63) is 60.8 Å². The third-order valence-electron chi connectivity index (χ3n) is 10.8. The van der Waals surface area contributed by atoms with Crippen LogP contribution < -0.4 is 0 Å². The molecule has 0 bridgehead atoms. The Bertz CT molecular complexity index is 1010. The van der Waals surface area contributed by atoms with Gasteiger partial charge < -0.3 is 14.6 Å². The Morgan fingerprint density at radius 2 is 0.741 bits per heavy atom. The van der Waals surface area contributed by atoms with E-state index < -0.39 is 6.10 Å². The van der Waals surface area contributed by atoms with Crippen LogP contribution in [0, 0.1) is 0 Å². The normalized spacial score (nSPS) is 12.7. The summed E-state index contributed by atoms with van der Waals surface area (Å²) >= 11 is 0. The van der Waals surface area contributed by atoms with Crippen LogP contribution in [-0.4, -0.2) is 36.4 Å². The molecule has 0 rings (SSSR count). The molecule has 0 spiro atoms. The summed E-state index contributed by atoms with van der Waals surface area (Å²) in [6.45, 7) is 4.00. The van der Waals surface area contributed by atoms with E-state index >= 15 is 0 Å². The number of carbonyl (C=O) groups is 2. The summed E-state index contributed by atoms with van der Waals surface area (Å²) in [4.78, 5) is 24.4. The maximum atomic E-state index is 12.2. The molecule has 1 unspecified atom stereocenters. The summed E-state index contributed by atoms with van der Waals surface area (Å²) in [6, 6.07) is 0. The first-order valence-electron chi connectivity index (χ1n) is 24.8. The summed E-state index contributed by atoms with van der Waals surface area (Å²) in [5, 5.41) is 9.59. The fourth-order valence-corrected chi connectivity index (χ4v) is 7.07. The molecule has 0 aliphatic rings. The van der Waals surface area contributed by atoms with Crippen molar-refractivity contribution in [3.8, 4) is 0 Å². The summed E-state index contributed by atoms with van der Waals surface area (Å²) in [5.41, 5.74) is 0. The molecule has 336 valence electrons. The number of rotatable bonds is 45. The van der Waals surface area contributed by atoms with Gasteiger partial charge in [0.25, 0.3) is 0 Å². The molecule has 0 saturated heterocycles. The predicted octanol–water partition coefficient (Wildman–Crippen LogP) is 16.3. The Labute approximate surface area is 360 Å². The number of carbonyl (C=O) groups excluding carboxylic acids is 2. The molecular formula is C53H94O5. The number of aliphatic hydroxyl groups excluding tert-OH is 1. The first-order chi connectivity index (χ1) is 28.6. The van der Waals surface area contributed by atoms with E-state index in [-0.39, 0.29) is 25.2 Å². The van der Waals surface area contributed by atoms with Crippen molar-refractivity contribution in [2.45, 2.75) is 251 Å². The zero-order chi connectivity index (χ0) is 42.1. The van der Waals surface area contributed by atoms with Crippen LogP contribution in [0.5, 0.6) is 0 Å². The van der Waals surface area contributed by atoms with Crippen LogP contribution in [-0.2, 0) is 19.1 Å². The third kappa shape index (κ3) is 46.3. The predicted molar refractivity (Wildman–Crippen MR) is 251 cm³/mol. The minimum Gasteiger partial charge on any atom is -0.462 e. The number of unbranched alkanes of at least 4 members (excludes halogenated alkanes) is 27. The van der Waals surface area contributed by atoms with Crippen molar-refractivity contribution in [2.75, 3.05) is 13.2 Å². The number of allylic oxidation sites excluding steroid dienone is 10. The number of aliphatic hydroxyl groups is 1. The second-order valence-electron chi connectivity index (χ2n) is 16.5. The van der Waals surface area contributed by atoms with E-state index in [9.17, 15) is 14.7 Å². The molecule has 5 nitrogen and oxygen atoms in total. The smallest absolute Gasteiger partial charge is 0.306 e. The molecule has 0 amide bonds. The van der Waals surface area contributed by atoms with E-state index in [1.165, 1.54) is 154 Å². The summed E-state index contributed by atoms with van der Waals surface area (Å²) < 4.78 is 10.6. The molecule has 0 aliphatic carbocycles. The SMILES string of the molecule is CC/C=C\C/C=C\C/C=C\C/C=C\CCCCC(=O)OC(CO)COC(=O)CCCCCCCCCCCCCCCCCCC/C=C\CCCCCCCCCC. The molecule has 58 heavy (non-hydrogen) atoms. The minimum absolute atomic E-state index is 0.0826. The monoisotopic (exact) mass is 811 g/mol. The lowest BCUT2D eigenvalue weighted by Crippen LogP contribution is -2.28. The Hall–Kier alpha value is -2.40. The maximum Gasteiger partial charge on any atom is 0.306 e. The molecule has 1 N–H and O–H groups in total. The number of hydrogen-bond donors (Lipinski definition) is 1. The Morgan fingerprint density at radius 1 is 0.414 bits per heavy atom. The standard InChI is InChI=1S/C53H94O5/c1-3-5-7-9-11-13-15-17-19-20-21-22-23-24-25-26-27-28-29-30-31-32-34-35-37-39-41-43-45-47-52(55)57-50-51(49-54)58-53(56)48-46-44-42-40-38-36-33-18-16-14-12-10-8-6-4-2/h6,8,12,14,18,20-21,33,38,40,51,54H,3-5,7,9-11,13,15-17,19,22-32,34-37,39,41-50H2,1-2H3/b8-6-,14-12-,21-20-,33-18-,40-38-. The lowest BCUT2D eigenvalue weighted by atomic mass is 10.0. The van der Waals surface area contributed by atoms with Crippen LogP contribution in [0.2, 0.25) is 0 Å². The van der Waals surface area contributed by atoms with Gasteiger partial charge in [-0.15, -0.1) is 0 Å². The van der Waals surface area contributed by atoms with E-state index in [0.717, 1.165) is 64.2 Å². The van der Waals surface area contributed by atoms with Gasteiger partial charge in [-0.1, -0.05) is 216 Å². The van der Waals surface area contributed by atoms with Crippen LogP contribution in [0.1, 0.15) is 245 Å². The van der Waals surface area contributed by atoms with E-state index in [2.05, 4.69) is 74.6 Å². The highest BCUT2D eigenvalue weighted by Gasteiger charge is 2.16. The van der Waals surface area contributed by atoms with Crippen molar-refractivity contribution < 1.29 is 24.2 Å². The van der Waals surface area contributed by atoms with Gasteiger partial charge in [-0.25, -0.2) is 0 Å². The lowest BCUT2D eigenvalue weighted by molar-refractivity contribution is -0.161. The third-order valence-corrected chi connectivity index (χ3v) is 10.8. The zero-order valence-electron chi connectivity index (χ0n) is 38.3. The minimum atomic E-state index is -0.794. The van der Waals surface area contributed by atoms with Crippen molar-refractivity contribution in [3.63, 3.8) is 0 Å². The lowest BCUT2D eigenvalue weighted by Gasteiger charge is -2.15. The van der Waals surface area contributed by atoms with Crippen LogP contribution in [0.25, 0.3) is 0 Å². The second-order valence-corrected chi connectivity index (χ2v) is 16.5. The van der Waals surface area contributed by atoms with Crippen molar-refractivity contribution in [2.24, 2.45) is 0 Å². The van der Waals surface area contributed by atoms with Gasteiger partial charge in [-0.05, 0) is 77.0 Å². The first-order valence-corrected chi connectivity index (χ1v) is 24.8. The van der Waals surface area contributed by atoms with Gasteiger partial charge in [0, 0.05) is 12.8 Å². The van der Waals surface area contributed by atoms with Gasteiger partial charge in [0.1, 0.15) is 6.61 Å². The quantitative estimate of drug-likeness (QED) is 0.0377. The summed E-state index contributed by atoms with van der Waals surface area (Å²) in [7, 11) is 0. The van der Waals surface area contributed by atoms with Crippen molar-refractivity contribution in [1.29, 1.82) is 0 Å². The number of hydrogen-bond acceptors (Lipinski definition) is 5. The second kappa shape index (κ2) is 49.0. The molecule has 0 saturated carbocycles. The topological polar surface area (TPSA) is 72.8 Å². The highest BCUT2D eigenvalue weighted by atomic mass is 16.6. The van der Waals surface area contributed by atoms with Crippen LogP contribution in [0.4, 0.5) is 0 Å². The van der Waals surface area contributed by atoms with E-state index in [1.54, 1.807) is 0 Å². The van der Waals surface area contributed by atoms with Gasteiger partial charge in [0.15, 0.2) is 6.10 Å². The highest BCUT2D eigenvalue weighted by Crippen LogP contribution is 2.16. The Morgan fingerprint density at radius 3 is 1.17 bits per heavy atom. The van der Waals surface area contributed by atoms with Crippen LogP contribution in [0.3, 0.4) is 0 Å². The number of ether oxygens (including phenoxy) is 2. The van der Waals surface area contributed by atoms with Gasteiger partial charge in [0.05, 0.1) is 6.61 Å². The van der Waals surface area contributed by atoms with Crippen molar-refractivity contribution >= 4 is 11.9 Å². The van der Waals surface area contributed by atoms with Crippen molar-refractivity contribution in [1.82, 2.24) is 0 Å². The molecule has 0 aromatic carbocycles. The maximum absolute atomic E-state index is 12.2. The fourth-order valence-electron chi connectivity index (χ4n) is 7.07. The van der Waals surface area contributed by atoms with Gasteiger partial charge in [-0.3, -0.25) is 9.59 Å². The van der Waals surface area contributed by atoms with Crippen LogP contribution in [0.15, 0.2) is 60.8 Å². The summed E-state index contributed by atoms with van der Waals surface area (Å²) in [6.07, 6.45) is 64.7. The largest absolute Gasteiger partial charge is 0.462 e. The molecule has 1 atom stereocenters. The van der Waals surface area contributed by atoms with E-state index in [4.69, 9.17) is 9.47 Å². The molecular weight excluding hydrogens is 717 g/mol. The zero-order valence-corrected chi connectivity index (χ0v) is 38.3. The van der Waals surface area contributed by atoms with Gasteiger partial charge in [0.2, 0.25) is 0 Å². The average molecular weight is 811 g/mol. The van der Waals surface area contributed by atoms with Gasteiger partial charge >= 0.3 is 11.9 Å². The first kappa shape index (κ1) is 55.6. The Kier molecular flexibility index (Phi) is 46.9. The average Bonchev–Trinajstić information content (AvgIpc) is 3.23. The molecule has 0 aromatic heterocycles. The molecule has 0 fully saturated rings.